The molecule has 0 saturated carbocycles. The van der Waals surface area contributed by atoms with Gasteiger partial charge in [0.2, 0.25) is 5.88 Å². The second-order valence-electron chi connectivity index (χ2n) is 4.95. The number of nitrogens with zero attached hydrogens (tertiary/aromatic N) is 1. The number of pyridine rings is 1. The molecule has 0 aliphatic rings. The topological polar surface area (TPSA) is 51.2 Å². The first-order chi connectivity index (χ1) is 11.3. The van der Waals surface area contributed by atoms with Gasteiger partial charge in [-0.15, -0.1) is 0 Å². The van der Waals surface area contributed by atoms with Crippen molar-refractivity contribution in [3.63, 3.8) is 0 Å². The fourth-order valence-electron chi connectivity index (χ4n) is 2.32. The first kappa shape index (κ1) is 14.8. The van der Waals surface area contributed by atoms with Crippen LogP contribution in [0.15, 0.2) is 72.9 Å². The van der Waals surface area contributed by atoms with Crippen LogP contribution in [0.25, 0.3) is 11.1 Å². The molecule has 0 aliphatic heterocycles. The fraction of sp³-hybridized carbons (Fsp3) is 0.0526. The quantitative estimate of drug-likeness (QED) is 0.792. The molecule has 0 aliphatic carbocycles. The van der Waals surface area contributed by atoms with E-state index in [1.54, 1.807) is 25.4 Å². The molecule has 3 rings (SSSR count). The van der Waals surface area contributed by atoms with Gasteiger partial charge in [-0.05, 0) is 23.3 Å². The summed E-state index contributed by atoms with van der Waals surface area (Å²) < 4.78 is 5.01. The Morgan fingerprint density at radius 2 is 1.70 bits per heavy atom. The van der Waals surface area contributed by atoms with Crippen LogP contribution in [-0.2, 0) is 0 Å². The maximum absolute atomic E-state index is 12.6. The van der Waals surface area contributed by atoms with E-state index < -0.39 is 0 Å². The molecule has 0 spiro atoms. The third-order valence-electron chi connectivity index (χ3n) is 3.46. The minimum atomic E-state index is -0.170. The van der Waals surface area contributed by atoms with Gasteiger partial charge < -0.3 is 10.1 Å². The van der Waals surface area contributed by atoms with Crippen LogP contribution in [0.2, 0.25) is 0 Å². The fourth-order valence-corrected chi connectivity index (χ4v) is 2.32. The van der Waals surface area contributed by atoms with Gasteiger partial charge >= 0.3 is 0 Å². The van der Waals surface area contributed by atoms with Crippen molar-refractivity contribution in [2.24, 2.45) is 0 Å². The van der Waals surface area contributed by atoms with E-state index in [1.165, 1.54) is 0 Å². The molecule has 0 fully saturated rings. The van der Waals surface area contributed by atoms with Gasteiger partial charge in [-0.2, -0.15) is 0 Å². The average molecular weight is 304 g/mol. The number of hydrogen-bond acceptors (Lipinski definition) is 3. The van der Waals surface area contributed by atoms with Crippen molar-refractivity contribution >= 4 is 11.6 Å². The number of aromatic nitrogens is 1. The first-order valence-corrected chi connectivity index (χ1v) is 7.24. The Morgan fingerprint density at radius 3 is 2.39 bits per heavy atom. The highest BCUT2D eigenvalue weighted by Gasteiger charge is 2.12. The van der Waals surface area contributed by atoms with E-state index >= 15 is 0 Å². The Hall–Kier alpha value is -3.14. The summed E-state index contributed by atoms with van der Waals surface area (Å²) in [5.74, 6) is 0.337. The Labute approximate surface area is 134 Å². The van der Waals surface area contributed by atoms with Crippen LogP contribution in [0.1, 0.15) is 10.4 Å². The second kappa shape index (κ2) is 6.75. The van der Waals surface area contributed by atoms with Crippen molar-refractivity contribution in [1.29, 1.82) is 0 Å². The number of hydrogen-bond donors (Lipinski definition) is 1. The molecule has 3 aromatic rings. The third-order valence-corrected chi connectivity index (χ3v) is 3.46. The van der Waals surface area contributed by atoms with E-state index in [2.05, 4.69) is 10.3 Å². The Balaban J connectivity index is 1.88. The summed E-state index contributed by atoms with van der Waals surface area (Å²) in [7, 11) is 1.55. The zero-order chi connectivity index (χ0) is 16.1. The summed E-state index contributed by atoms with van der Waals surface area (Å²) in [6.45, 7) is 0. The normalized spacial score (nSPS) is 10.1. The molecule has 23 heavy (non-hydrogen) atoms. The summed E-state index contributed by atoms with van der Waals surface area (Å²) >= 11 is 0. The molecule has 1 N–H and O–H groups in total. The summed E-state index contributed by atoms with van der Waals surface area (Å²) in [6, 6.07) is 20.8. The maximum Gasteiger partial charge on any atom is 0.256 e. The molecule has 4 heteroatoms. The van der Waals surface area contributed by atoms with Crippen molar-refractivity contribution in [1.82, 2.24) is 4.98 Å². The van der Waals surface area contributed by atoms with Crippen molar-refractivity contribution in [2.45, 2.75) is 0 Å². The van der Waals surface area contributed by atoms with Crippen LogP contribution >= 0.6 is 0 Å². The number of anilines is 1. The zero-order valence-corrected chi connectivity index (χ0v) is 12.7. The smallest absolute Gasteiger partial charge is 0.256 e. The van der Waals surface area contributed by atoms with Crippen molar-refractivity contribution in [3.8, 4) is 17.0 Å². The summed E-state index contributed by atoms with van der Waals surface area (Å²) in [5.41, 5.74) is 3.14. The highest BCUT2D eigenvalue weighted by molar-refractivity contribution is 6.08. The van der Waals surface area contributed by atoms with Crippen LogP contribution < -0.4 is 10.1 Å². The number of benzene rings is 2. The predicted molar refractivity (Wildman–Crippen MR) is 90.6 cm³/mol. The van der Waals surface area contributed by atoms with Gasteiger partial charge in [-0.3, -0.25) is 4.79 Å². The standard InChI is InChI=1S/C19H16N2O2/c1-23-18-12-11-15(13-20-18)21-19(22)17-10-6-5-9-16(17)14-7-3-2-4-8-14/h2-13H,1H3,(H,21,22). The highest BCUT2D eigenvalue weighted by atomic mass is 16.5. The van der Waals surface area contributed by atoms with Crippen LogP contribution in [0.5, 0.6) is 5.88 Å². The Morgan fingerprint density at radius 1 is 0.957 bits per heavy atom. The molecule has 4 nitrogen and oxygen atoms in total. The van der Waals surface area contributed by atoms with Crippen molar-refractivity contribution in [2.75, 3.05) is 12.4 Å². The van der Waals surface area contributed by atoms with Gasteiger partial charge in [0.15, 0.2) is 0 Å². The van der Waals surface area contributed by atoms with Crippen molar-refractivity contribution in [3.05, 3.63) is 78.5 Å². The molecule has 0 radical (unpaired) electrons. The lowest BCUT2D eigenvalue weighted by Crippen LogP contribution is -2.13. The maximum atomic E-state index is 12.6. The second-order valence-corrected chi connectivity index (χ2v) is 4.95. The monoisotopic (exact) mass is 304 g/mol. The molecule has 0 bridgehead atoms. The molecule has 1 aromatic heterocycles. The number of ether oxygens (including phenoxy) is 1. The van der Waals surface area contributed by atoms with E-state index in [9.17, 15) is 4.79 Å². The van der Waals surface area contributed by atoms with E-state index in [1.807, 2.05) is 54.6 Å². The molecule has 0 unspecified atom stereocenters. The van der Waals surface area contributed by atoms with Crippen molar-refractivity contribution < 1.29 is 9.53 Å². The van der Waals surface area contributed by atoms with E-state index in [0.717, 1.165) is 11.1 Å². The van der Waals surface area contributed by atoms with Crippen LogP contribution in [0.4, 0.5) is 5.69 Å². The van der Waals surface area contributed by atoms with E-state index in [-0.39, 0.29) is 5.91 Å². The Kier molecular flexibility index (Phi) is 4.34. The van der Waals surface area contributed by atoms with Gasteiger partial charge in [-0.1, -0.05) is 48.5 Å². The van der Waals surface area contributed by atoms with Gasteiger partial charge in [0.1, 0.15) is 0 Å². The highest BCUT2D eigenvalue weighted by Crippen LogP contribution is 2.24. The van der Waals surface area contributed by atoms with Crippen LogP contribution in [0, 0.1) is 0 Å². The lowest BCUT2D eigenvalue weighted by Gasteiger charge is -2.10. The summed E-state index contributed by atoms with van der Waals surface area (Å²) in [4.78, 5) is 16.7. The average Bonchev–Trinajstić information content (AvgIpc) is 2.63. The number of rotatable bonds is 4. The molecule has 2 aromatic carbocycles. The third kappa shape index (κ3) is 3.37. The molecular formula is C19H16N2O2. The van der Waals surface area contributed by atoms with Gasteiger partial charge in [0, 0.05) is 11.6 Å². The minimum absolute atomic E-state index is 0.170. The lowest BCUT2D eigenvalue weighted by molar-refractivity contribution is 0.102. The van der Waals surface area contributed by atoms with Crippen LogP contribution in [0.3, 0.4) is 0 Å². The number of carbonyl (C=O) groups is 1. The zero-order valence-electron chi connectivity index (χ0n) is 12.7. The van der Waals surface area contributed by atoms with E-state index in [4.69, 9.17) is 4.74 Å². The molecule has 114 valence electrons. The molecule has 1 heterocycles. The molecular weight excluding hydrogens is 288 g/mol. The number of amides is 1. The van der Waals surface area contributed by atoms with Gasteiger partial charge in [0.05, 0.1) is 19.0 Å². The summed E-state index contributed by atoms with van der Waals surface area (Å²) in [6.07, 6.45) is 1.57. The number of carbonyl (C=O) groups excluding carboxylic acids is 1. The minimum Gasteiger partial charge on any atom is -0.481 e. The number of methoxy groups -OCH3 is 1. The van der Waals surface area contributed by atoms with Crippen LogP contribution in [-0.4, -0.2) is 18.0 Å². The largest absolute Gasteiger partial charge is 0.481 e. The predicted octanol–water partition coefficient (Wildman–Crippen LogP) is 4.01. The molecule has 0 saturated heterocycles. The molecule has 0 atom stereocenters. The Bertz CT molecular complexity index is 799. The van der Waals surface area contributed by atoms with Gasteiger partial charge in [-0.25, -0.2) is 4.98 Å². The SMILES string of the molecule is COc1ccc(NC(=O)c2ccccc2-c2ccccc2)cn1. The lowest BCUT2D eigenvalue weighted by atomic mass is 9.99. The number of nitrogens with one attached hydrogen (secondary N) is 1. The first-order valence-electron chi connectivity index (χ1n) is 7.24. The molecule has 1 amide bonds. The van der Waals surface area contributed by atoms with Gasteiger partial charge in [0.25, 0.3) is 5.91 Å². The summed E-state index contributed by atoms with van der Waals surface area (Å²) in [5, 5.41) is 2.86. The van der Waals surface area contributed by atoms with E-state index in [0.29, 0.717) is 17.1 Å².